The van der Waals surface area contributed by atoms with Crippen LogP contribution in [0.1, 0.15) is 29.1 Å². The third-order valence-electron chi connectivity index (χ3n) is 3.82. The average Bonchev–Trinajstić information content (AvgIpc) is 2.96. The topological polar surface area (TPSA) is 49.8 Å². The third kappa shape index (κ3) is 2.44. The van der Waals surface area contributed by atoms with Gasteiger partial charge in [-0.15, -0.1) is 11.3 Å². The van der Waals surface area contributed by atoms with Crippen molar-refractivity contribution in [1.82, 2.24) is 15.3 Å². The van der Waals surface area contributed by atoms with Crippen LogP contribution in [0.3, 0.4) is 0 Å². The van der Waals surface area contributed by atoms with Gasteiger partial charge in [-0.2, -0.15) is 0 Å². The van der Waals surface area contributed by atoms with Crippen LogP contribution in [0.15, 0.2) is 0 Å². The first-order chi connectivity index (χ1) is 9.15. The number of fused-ring (bicyclic) bond motifs is 1. The predicted octanol–water partition coefficient (Wildman–Crippen LogP) is 2.78. The van der Waals surface area contributed by atoms with E-state index in [0.29, 0.717) is 6.04 Å². The molecule has 2 aromatic rings. The fourth-order valence-corrected chi connectivity index (χ4v) is 3.71. The first kappa shape index (κ1) is 12.8. The molecule has 5 heteroatoms. The summed E-state index contributed by atoms with van der Waals surface area (Å²) in [4.78, 5) is 11.6. The average molecular weight is 276 g/mol. The molecule has 2 aromatic heterocycles. The molecular weight excluding hydrogens is 256 g/mol. The first-order valence-electron chi connectivity index (χ1n) is 6.86. The van der Waals surface area contributed by atoms with Gasteiger partial charge in [-0.25, -0.2) is 9.97 Å². The highest BCUT2D eigenvalue weighted by molar-refractivity contribution is 7.18. The van der Waals surface area contributed by atoms with Crippen molar-refractivity contribution < 1.29 is 0 Å². The summed E-state index contributed by atoms with van der Waals surface area (Å²) in [5.74, 6) is 1.84. The fourth-order valence-electron chi connectivity index (χ4n) is 2.64. The first-order valence-corrected chi connectivity index (χ1v) is 7.68. The van der Waals surface area contributed by atoms with Crippen LogP contribution in [-0.4, -0.2) is 29.1 Å². The maximum absolute atomic E-state index is 4.59. The molecule has 1 saturated heterocycles. The van der Waals surface area contributed by atoms with Gasteiger partial charge in [-0.1, -0.05) is 0 Å². The summed E-state index contributed by atoms with van der Waals surface area (Å²) in [6.45, 7) is 8.36. The van der Waals surface area contributed by atoms with Gasteiger partial charge in [-0.05, 0) is 45.7 Å². The van der Waals surface area contributed by atoms with E-state index < -0.39 is 0 Å². The Kier molecular flexibility index (Phi) is 3.41. The van der Waals surface area contributed by atoms with E-state index in [4.69, 9.17) is 0 Å². The van der Waals surface area contributed by atoms with Crippen molar-refractivity contribution in [2.45, 2.75) is 39.7 Å². The lowest BCUT2D eigenvalue weighted by molar-refractivity contribution is 0.632. The van der Waals surface area contributed by atoms with Gasteiger partial charge in [0.2, 0.25) is 0 Å². The minimum absolute atomic E-state index is 0.574. The maximum Gasteiger partial charge on any atom is 0.138 e. The Morgan fingerprint density at radius 2 is 2.16 bits per heavy atom. The molecule has 3 rings (SSSR count). The molecule has 0 spiro atoms. The van der Waals surface area contributed by atoms with Crippen LogP contribution in [0.5, 0.6) is 0 Å². The molecule has 4 nitrogen and oxygen atoms in total. The Morgan fingerprint density at radius 1 is 1.32 bits per heavy atom. The second-order valence-corrected chi connectivity index (χ2v) is 6.46. The van der Waals surface area contributed by atoms with Crippen LogP contribution in [0.4, 0.5) is 5.82 Å². The predicted molar refractivity (Wildman–Crippen MR) is 81.1 cm³/mol. The largest absolute Gasteiger partial charge is 0.368 e. The van der Waals surface area contributed by atoms with E-state index in [1.54, 1.807) is 11.3 Å². The molecule has 1 atom stereocenters. The van der Waals surface area contributed by atoms with Gasteiger partial charge in [0.25, 0.3) is 0 Å². The van der Waals surface area contributed by atoms with Crippen molar-refractivity contribution in [3.05, 3.63) is 16.3 Å². The van der Waals surface area contributed by atoms with Crippen molar-refractivity contribution in [3.63, 3.8) is 0 Å². The molecule has 19 heavy (non-hydrogen) atoms. The van der Waals surface area contributed by atoms with Crippen molar-refractivity contribution in [3.8, 4) is 0 Å². The van der Waals surface area contributed by atoms with E-state index in [0.717, 1.165) is 29.6 Å². The summed E-state index contributed by atoms with van der Waals surface area (Å²) in [7, 11) is 0. The van der Waals surface area contributed by atoms with E-state index in [1.165, 1.54) is 28.7 Å². The smallest absolute Gasteiger partial charge is 0.138 e. The van der Waals surface area contributed by atoms with Gasteiger partial charge in [0, 0.05) is 17.5 Å². The lowest BCUT2D eigenvalue weighted by Gasteiger charge is -2.13. The molecule has 0 aliphatic carbocycles. The van der Waals surface area contributed by atoms with E-state index in [2.05, 4.69) is 34.4 Å². The zero-order valence-electron chi connectivity index (χ0n) is 11.7. The Labute approximate surface area is 117 Å². The van der Waals surface area contributed by atoms with Crippen LogP contribution in [0, 0.1) is 20.8 Å². The molecular formula is C14H20N4S. The summed E-state index contributed by atoms with van der Waals surface area (Å²) in [6, 6.07) is 0.574. The fraction of sp³-hybridized carbons (Fsp3) is 0.571. The summed E-state index contributed by atoms with van der Waals surface area (Å²) in [5, 5.41) is 8.22. The number of aromatic nitrogens is 2. The Hall–Kier alpha value is -1.20. The summed E-state index contributed by atoms with van der Waals surface area (Å²) in [5.41, 5.74) is 1.31. The molecule has 1 aliphatic rings. The number of aryl methyl sites for hydroxylation is 3. The second kappa shape index (κ2) is 5.06. The molecule has 1 aliphatic heterocycles. The number of nitrogens with zero attached hydrogens (tertiary/aromatic N) is 2. The van der Waals surface area contributed by atoms with Crippen LogP contribution >= 0.6 is 11.3 Å². The number of rotatable bonds is 3. The summed E-state index contributed by atoms with van der Waals surface area (Å²) < 4.78 is 0. The molecule has 1 unspecified atom stereocenters. The van der Waals surface area contributed by atoms with E-state index in [-0.39, 0.29) is 0 Å². The van der Waals surface area contributed by atoms with Gasteiger partial charge in [0.15, 0.2) is 0 Å². The normalized spacial score (nSPS) is 19.2. The van der Waals surface area contributed by atoms with Gasteiger partial charge in [0.1, 0.15) is 16.5 Å². The highest BCUT2D eigenvalue weighted by Crippen LogP contribution is 2.33. The van der Waals surface area contributed by atoms with Crippen LogP contribution in [0.25, 0.3) is 10.2 Å². The van der Waals surface area contributed by atoms with Crippen molar-refractivity contribution in [2.24, 2.45) is 0 Å². The number of thiophene rings is 1. The Balaban J connectivity index is 1.92. The molecule has 2 N–H and O–H groups in total. The van der Waals surface area contributed by atoms with Gasteiger partial charge < -0.3 is 10.6 Å². The van der Waals surface area contributed by atoms with Gasteiger partial charge in [0.05, 0.1) is 5.39 Å². The quantitative estimate of drug-likeness (QED) is 0.905. The third-order valence-corrected chi connectivity index (χ3v) is 4.92. The molecule has 0 amide bonds. The summed E-state index contributed by atoms with van der Waals surface area (Å²) >= 11 is 1.76. The number of hydrogen-bond acceptors (Lipinski definition) is 5. The molecule has 0 saturated carbocycles. The standard InChI is InChI=1S/C14H20N4S/c1-8-9(2)19-14-12(8)13(17-10(3)18-14)16-7-11-5-4-6-15-11/h11,15H,4-7H2,1-3H3,(H,16,17,18). The molecule has 1 fully saturated rings. The molecule has 3 heterocycles. The molecule has 0 bridgehead atoms. The molecule has 0 radical (unpaired) electrons. The SMILES string of the molecule is Cc1nc(NCC2CCCN2)c2c(C)c(C)sc2n1. The Bertz CT molecular complexity index is 599. The highest BCUT2D eigenvalue weighted by atomic mass is 32.1. The second-order valence-electron chi connectivity index (χ2n) is 5.26. The summed E-state index contributed by atoms with van der Waals surface area (Å²) in [6.07, 6.45) is 2.53. The minimum Gasteiger partial charge on any atom is -0.368 e. The maximum atomic E-state index is 4.59. The van der Waals surface area contributed by atoms with Crippen molar-refractivity contribution >= 4 is 27.4 Å². The van der Waals surface area contributed by atoms with Crippen molar-refractivity contribution in [2.75, 3.05) is 18.4 Å². The van der Waals surface area contributed by atoms with Gasteiger partial charge >= 0.3 is 0 Å². The number of nitrogens with one attached hydrogen (secondary N) is 2. The van der Waals surface area contributed by atoms with Crippen LogP contribution in [-0.2, 0) is 0 Å². The number of anilines is 1. The highest BCUT2D eigenvalue weighted by Gasteiger charge is 2.16. The number of hydrogen-bond donors (Lipinski definition) is 2. The lowest BCUT2D eigenvalue weighted by atomic mass is 10.2. The lowest BCUT2D eigenvalue weighted by Crippen LogP contribution is -2.29. The van der Waals surface area contributed by atoms with E-state index in [9.17, 15) is 0 Å². The van der Waals surface area contributed by atoms with Crippen LogP contribution < -0.4 is 10.6 Å². The molecule has 102 valence electrons. The monoisotopic (exact) mass is 276 g/mol. The van der Waals surface area contributed by atoms with Gasteiger partial charge in [-0.3, -0.25) is 0 Å². The van der Waals surface area contributed by atoms with Crippen LogP contribution in [0.2, 0.25) is 0 Å². The molecule has 0 aromatic carbocycles. The zero-order valence-corrected chi connectivity index (χ0v) is 12.5. The zero-order chi connectivity index (χ0) is 13.4. The van der Waals surface area contributed by atoms with E-state index in [1.807, 2.05) is 6.92 Å². The Morgan fingerprint density at radius 3 is 2.89 bits per heavy atom. The van der Waals surface area contributed by atoms with E-state index >= 15 is 0 Å². The minimum atomic E-state index is 0.574. The van der Waals surface area contributed by atoms with Crippen molar-refractivity contribution in [1.29, 1.82) is 0 Å².